The van der Waals surface area contributed by atoms with E-state index in [0.717, 1.165) is 102 Å². The number of nitrogens with two attached hydrogens (primary N) is 1. The number of ether oxygens (including phenoxy) is 7. The van der Waals surface area contributed by atoms with E-state index < -0.39 is 34.6 Å². The standard InChI is InChI=1S/C26H34N4O5S.C21H26N4O3S.C12H16N2O.C9H11ClN2O2S.CH3B.CH4.2ClH.Na/c1-5-33-22(31)10-15-36-21-17-27-20(16-28-21)30-13-11-26(12-14-30)23(29-24(32)35-25(2,3)4)18-8-6-7-9-19(18)34-26;1-20(2,3)28-19(26)24-18-14-6-4-5-7-15(14)27-21(18)8-10-25(11-9-21)16-12-23-17(29)13-22-16;13-11-9-3-1-2-4-10(9)15-12(11)5-7-14-8-6-12;1-2-14-9(13)3-4-15-8-6-11-7(10)5-12-8;1-2;;;;/h6-9,16-17,23H,5,10-15H2,1-4H3,(H,29,32);4-7,12-13,18H,8-11H2,1-3H3,(H,23,29)(H,24,26);1-4,11,14H,5-8,13H2;5-6H,2-4H2,1H3;1H3;1H4;2*1H;/q;;;;;;;;+1/p-1/t23-;18-;11-;;;;;;/m111....../s1. The van der Waals surface area contributed by atoms with Gasteiger partial charge in [0.05, 0.1) is 70.9 Å². The first-order valence-electron chi connectivity index (χ1n) is 32.7. The molecule has 101 heavy (non-hydrogen) atoms. The van der Waals surface area contributed by atoms with Gasteiger partial charge in [0.2, 0.25) is 0 Å². The molecule has 0 aliphatic carbocycles. The number of esters is 2. The number of benzene rings is 3. The van der Waals surface area contributed by atoms with Crippen LogP contribution in [-0.2, 0) is 41.2 Å². The Balaban J connectivity index is 0.000000297. The molecule has 3 spiro atoms. The van der Waals surface area contributed by atoms with Gasteiger partial charge in [0, 0.05) is 99.1 Å². The van der Waals surface area contributed by atoms with Crippen molar-refractivity contribution in [1.82, 2.24) is 45.9 Å². The SMILES string of the molecule is C.CC(C)(C)OC(=O)N[C@@H]1c2ccccc2OC12CCN(c1cnc([S-])cn1)CC2.CCOC(=O)CCSc1cnc(Cl)cn1.CCOC(=O)CCSc1cnc(N2CCC3(CC2)Oc2ccccc2[C@H]3NC(=O)OC(C)(C)C)cn1.Cl.Cl.N[C@@H]1c2ccccc2OC12CCNCC2.[B]C.[Na+]. The summed E-state index contributed by atoms with van der Waals surface area (Å²) in [5, 5.41) is 11.9. The molecule has 31 heteroatoms. The zero-order valence-corrected chi connectivity index (χ0v) is 65.3. The van der Waals surface area contributed by atoms with E-state index in [1.54, 1.807) is 44.8 Å². The second-order valence-corrected chi connectivity index (χ2v) is 28.4. The molecule has 2 radical (unpaired) electrons. The van der Waals surface area contributed by atoms with Crippen molar-refractivity contribution in [3.8, 4) is 17.2 Å². The number of nitrogens with zero attached hydrogens (tertiary/aromatic N) is 8. The van der Waals surface area contributed by atoms with Gasteiger partial charge in [0.25, 0.3) is 0 Å². The predicted octanol–water partition coefficient (Wildman–Crippen LogP) is 9.96. The molecule has 0 bridgehead atoms. The minimum absolute atomic E-state index is 0. The van der Waals surface area contributed by atoms with Crippen molar-refractivity contribution in [3.63, 3.8) is 0 Å². The Morgan fingerprint density at radius 1 is 0.594 bits per heavy atom. The topological polar surface area (TPSA) is 279 Å². The number of rotatable bonds is 14. The van der Waals surface area contributed by atoms with Crippen LogP contribution in [0.25, 0.3) is 0 Å². The Bertz CT molecular complexity index is 3540. The third-order valence-electron chi connectivity index (χ3n) is 16.5. The van der Waals surface area contributed by atoms with Crippen LogP contribution in [0.3, 0.4) is 0 Å². The summed E-state index contributed by atoms with van der Waals surface area (Å²) in [6.45, 7) is 21.9. The van der Waals surface area contributed by atoms with Gasteiger partial charge in [-0.25, -0.2) is 34.5 Å². The first kappa shape index (κ1) is 87.6. The monoisotopic (exact) mass is 1510 g/mol. The maximum absolute atomic E-state index is 12.7. The van der Waals surface area contributed by atoms with Crippen molar-refractivity contribution in [2.45, 2.75) is 182 Å². The Kier molecular flexibility index (Phi) is 35.5. The second-order valence-electron chi connectivity index (χ2n) is 25.4. The number of halogens is 3. The maximum Gasteiger partial charge on any atom is 1.00 e. The van der Waals surface area contributed by atoms with Gasteiger partial charge in [-0.1, -0.05) is 85.5 Å². The van der Waals surface area contributed by atoms with Crippen LogP contribution in [0, 0.1) is 0 Å². The summed E-state index contributed by atoms with van der Waals surface area (Å²) in [5.41, 5.74) is 7.08. The molecule has 5 N–H and O–H groups in total. The zero-order chi connectivity index (χ0) is 69.8. The molecule has 6 aliphatic heterocycles. The molecule has 3 atom stereocenters. The number of alkyl carbamates (subject to hydrolysis) is 2. The van der Waals surface area contributed by atoms with Crippen molar-refractivity contribution in [2.75, 3.05) is 73.8 Å². The minimum Gasteiger partial charge on any atom is -0.759 e. The van der Waals surface area contributed by atoms with Crippen LogP contribution in [0.2, 0.25) is 12.0 Å². The Labute approximate surface area is 649 Å². The molecule has 0 unspecified atom stereocenters. The number of para-hydroxylation sites is 3. The van der Waals surface area contributed by atoms with Crippen LogP contribution in [0.1, 0.15) is 149 Å². The summed E-state index contributed by atoms with van der Waals surface area (Å²) in [6, 6.07) is 23.3. The molecule has 3 fully saturated rings. The molecular formula is C70H95BCl3N12NaO11S3. The van der Waals surface area contributed by atoms with Crippen LogP contribution < -0.4 is 75.3 Å². The summed E-state index contributed by atoms with van der Waals surface area (Å²) >= 11 is 13.5. The van der Waals surface area contributed by atoms with Gasteiger partial charge in [0.15, 0.2) is 0 Å². The molecular weight excluding hydrogens is 1420 g/mol. The van der Waals surface area contributed by atoms with Crippen LogP contribution >= 0.6 is 59.9 Å². The second kappa shape index (κ2) is 41.0. The quantitative estimate of drug-likeness (QED) is 0.0259. The van der Waals surface area contributed by atoms with E-state index in [1.807, 2.05) is 108 Å². The predicted molar refractivity (Wildman–Crippen MR) is 399 cm³/mol. The Hall–Kier alpha value is -5.85. The van der Waals surface area contributed by atoms with Gasteiger partial charge in [-0.2, -0.15) is 0 Å². The van der Waals surface area contributed by atoms with E-state index in [1.165, 1.54) is 42.1 Å². The number of piperidine rings is 3. The van der Waals surface area contributed by atoms with E-state index in [0.29, 0.717) is 73.7 Å². The molecule has 0 saturated carbocycles. The molecule has 12 rings (SSSR count). The van der Waals surface area contributed by atoms with Gasteiger partial charge in [-0.3, -0.25) is 14.6 Å². The average molecular weight is 1520 g/mol. The number of hydrogen-bond donors (Lipinski definition) is 4. The minimum atomic E-state index is -0.582. The summed E-state index contributed by atoms with van der Waals surface area (Å²) in [5.74, 6) is 5.05. The van der Waals surface area contributed by atoms with Gasteiger partial charge < -0.3 is 77.3 Å². The number of carbonyl (C=O) groups is 4. The van der Waals surface area contributed by atoms with Crippen molar-refractivity contribution < 1.29 is 81.9 Å². The van der Waals surface area contributed by atoms with Crippen LogP contribution in [0.4, 0.5) is 21.2 Å². The Morgan fingerprint density at radius 3 is 1.36 bits per heavy atom. The molecule has 23 nitrogen and oxygen atoms in total. The third kappa shape index (κ3) is 24.6. The molecule has 3 saturated heterocycles. The maximum atomic E-state index is 12.7. The first-order chi connectivity index (χ1) is 46.5. The van der Waals surface area contributed by atoms with Gasteiger partial charge in [-0.05, 0) is 86.7 Å². The van der Waals surface area contributed by atoms with E-state index in [2.05, 4.69) is 69.6 Å². The summed E-state index contributed by atoms with van der Waals surface area (Å²) in [4.78, 5) is 77.6. The van der Waals surface area contributed by atoms with Crippen LogP contribution in [-0.4, -0.2) is 154 Å². The number of thioether (sulfide) groups is 2. The number of hydrogen-bond acceptors (Lipinski definition) is 24. The van der Waals surface area contributed by atoms with Gasteiger partial charge in [-0.15, -0.1) is 48.3 Å². The van der Waals surface area contributed by atoms with Crippen molar-refractivity contribution >= 4 is 116 Å². The van der Waals surface area contributed by atoms with Gasteiger partial charge >= 0.3 is 53.7 Å². The number of nitrogens with one attached hydrogen (secondary N) is 3. The third-order valence-corrected chi connectivity index (χ3v) is 18.7. The number of anilines is 2. The molecule has 3 aromatic heterocycles. The van der Waals surface area contributed by atoms with E-state index in [4.69, 9.17) is 63.1 Å². The van der Waals surface area contributed by atoms with Crippen molar-refractivity contribution in [1.29, 1.82) is 0 Å². The summed E-state index contributed by atoms with van der Waals surface area (Å²) < 4.78 is 39.8. The average Bonchev–Trinajstić information content (AvgIpc) is 1.63. The molecule has 2 amide bonds. The molecule has 6 aliphatic rings. The Morgan fingerprint density at radius 2 is 0.980 bits per heavy atom. The van der Waals surface area contributed by atoms with Crippen LogP contribution in [0.15, 0.2) is 125 Å². The van der Waals surface area contributed by atoms with E-state index in [9.17, 15) is 19.2 Å². The number of amides is 2. The van der Waals surface area contributed by atoms with E-state index >= 15 is 0 Å². The van der Waals surface area contributed by atoms with Crippen molar-refractivity contribution in [2.24, 2.45) is 5.73 Å². The smallest absolute Gasteiger partial charge is 0.759 e. The molecule has 544 valence electrons. The summed E-state index contributed by atoms with van der Waals surface area (Å²) in [7, 11) is 4.50. The fraction of sp³-hybridized carbons (Fsp3) is 0.514. The van der Waals surface area contributed by atoms with E-state index in [-0.39, 0.29) is 97.5 Å². The number of fused-ring (bicyclic) bond motifs is 3. The largest absolute Gasteiger partial charge is 1.00 e. The molecule has 3 aromatic carbocycles. The summed E-state index contributed by atoms with van der Waals surface area (Å²) in [6.07, 6.45) is 14.6. The fourth-order valence-corrected chi connectivity index (χ4v) is 13.7. The normalized spacial score (nSPS) is 17.9. The zero-order valence-electron chi connectivity index (χ0n) is 58.5. The molecule has 6 aromatic rings. The fourth-order valence-electron chi connectivity index (χ4n) is 12.0. The first-order valence-corrected chi connectivity index (χ1v) is 35.5. The number of carbonyl (C=O) groups excluding carboxylic acids is 4. The van der Waals surface area contributed by atoms with Crippen LogP contribution in [0.5, 0.6) is 17.2 Å². The number of aromatic nitrogens is 6. The molecule has 9 heterocycles. The van der Waals surface area contributed by atoms with Gasteiger partial charge in [0.1, 0.15) is 84.2 Å². The van der Waals surface area contributed by atoms with Crippen molar-refractivity contribution in [3.05, 3.63) is 132 Å².